The maximum atomic E-state index is 13.1. The highest BCUT2D eigenvalue weighted by Crippen LogP contribution is 2.34. The summed E-state index contributed by atoms with van der Waals surface area (Å²) in [5.74, 6) is 1.27. The zero-order valence-electron chi connectivity index (χ0n) is 16.7. The van der Waals surface area contributed by atoms with Crippen molar-refractivity contribution in [3.63, 3.8) is 0 Å². The first-order valence-electron chi connectivity index (χ1n) is 9.25. The average Bonchev–Trinajstić information content (AvgIpc) is 3.43. The summed E-state index contributed by atoms with van der Waals surface area (Å²) in [6, 6.07) is 12.9. The van der Waals surface area contributed by atoms with E-state index in [0.29, 0.717) is 33.5 Å². The molecule has 0 fully saturated rings. The molecule has 0 aliphatic heterocycles. The number of hydrogen-bond acceptors (Lipinski definition) is 7. The second kappa shape index (κ2) is 8.97. The molecule has 31 heavy (non-hydrogen) atoms. The first kappa shape index (κ1) is 20.5. The highest BCUT2D eigenvalue weighted by atomic mass is 32.1. The summed E-state index contributed by atoms with van der Waals surface area (Å²) >= 11 is 1.36. The maximum absolute atomic E-state index is 13.1. The normalized spacial score (nSPS) is 10.7. The summed E-state index contributed by atoms with van der Waals surface area (Å²) in [6.45, 7) is 0. The van der Waals surface area contributed by atoms with Crippen molar-refractivity contribution in [3.05, 3.63) is 65.3 Å². The molecule has 0 unspecified atom stereocenters. The van der Waals surface area contributed by atoms with Gasteiger partial charge in [-0.25, -0.2) is 4.39 Å². The topological polar surface area (TPSA) is 86.5 Å². The van der Waals surface area contributed by atoms with E-state index in [1.165, 1.54) is 23.5 Å². The zero-order chi connectivity index (χ0) is 21.8. The molecule has 2 aromatic carbocycles. The second-order valence-electron chi connectivity index (χ2n) is 6.54. The van der Waals surface area contributed by atoms with Crippen LogP contribution in [0.3, 0.4) is 0 Å². The molecule has 9 heteroatoms. The van der Waals surface area contributed by atoms with Crippen LogP contribution in [0.15, 0.2) is 58.4 Å². The van der Waals surface area contributed by atoms with Crippen molar-refractivity contribution >= 4 is 22.9 Å². The maximum Gasteiger partial charge on any atom is 0.270 e. The van der Waals surface area contributed by atoms with Crippen molar-refractivity contribution < 1.29 is 23.2 Å². The van der Waals surface area contributed by atoms with E-state index in [4.69, 9.17) is 14.0 Å². The molecular formula is C22H18FN3O4S. The van der Waals surface area contributed by atoms with E-state index in [0.717, 1.165) is 5.56 Å². The molecule has 1 N–H and O–H groups in total. The molecular weight excluding hydrogens is 421 g/mol. The van der Waals surface area contributed by atoms with Crippen LogP contribution in [-0.2, 0) is 11.2 Å². The Morgan fingerprint density at radius 2 is 1.81 bits per heavy atom. The third kappa shape index (κ3) is 4.72. The Morgan fingerprint density at radius 3 is 2.48 bits per heavy atom. The molecule has 0 saturated carbocycles. The number of nitrogens with one attached hydrogen (secondary N) is 1. The number of thiophene rings is 1. The van der Waals surface area contributed by atoms with Gasteiger partial charge in [0.1, 0.15) is 22.2 Å². The van der Waals surface area contributed by atoms with E-state index in [9.17, 15) is 9.18 Å². The van der Waals surface area contributed by atoms with Gasteiger partial charge in [-0.3, -0.25) is 4.79 Å². The van der Waals surface area contributed by atoms with E-state index in [1.54, 1.807) is 50.6 Å². The fraction of sp³-hybridized carbons (Fsp3) is 0.136. The van der Waals surface area contributed by atoms with Gasteiger partial charge in [-0.2, -0.15) is 4.98 Å². The van der Waals surface area contributed by atoms with Crippen molar-refractivity contribution in [2.45, 2.75) is 6.42 Å². The predicted molar refractivity (Wildman–Crippen MR) is 115 cm³/mol. The number of methoxy groups -OCH3 is 2. The highest BCUT2D eigenvalue weighted by molar-refractivity contribution is 7.14. The molecule has 0 atom stereocenters. The van der Waals surface area contributed by atoms with Crippen LogP contribution < -0.4 is 14.8 Å². The summed E-state index contributed by atoms with van der Waals surface area (Å²) in [7, 11) is 3.11. The minimum absolute atomic E-state index is 0.132. The van der Waals surface area contributed by atoms with Crippen molar-refractivity contribution in [1.82, 2.24) is 10.1 Å². The number of aromatic nitrogens is 2. The lowest BCUT2D eigenvalue weighted by Gasteiger charge is -2.09. The average molecular weight is 439 g/mol. The summed E-state index contributed by atoms with van der Waals surface area (Å²) in [5.41, 5.74) is 1.95. The molecule has 0 aliphatic rings. The smallest absolute Gasteiger partial charge is 0.270 e. The van der Waals surface area contributed by atoms with Gasteiger partial charge in [-0.1, -0.05) is 5.16 Å². The van der Waals surface area contributed by atoms with Gasteiger partial charge in [0.05, 0.1) is 26.3 Å². The van der Waals surface area contributed by atoms with Crippen LogP contribution in [0.5, 0.6) is 11.5 Å². The Labute approximate surface area is 181 Å². The standard InChI is InChI=1S/C22H18FN3O4S/c1-28-16-9-13(10-17(12-16)29-2)11-19(27)24-18-7-8-31-20(18)22-25-21(26-30-22)14-3-5-15(23)6-4-14/h3-10,12H,11H2,1-2H3,(H,24,27). The minimum atomic E-state index is -0.343. The van der Waals surface area contributed by atoms with Crippen LogP contribution in [0.2, 0.25) is 0 Å². The number of anilines is 1. The van der Waals surface area contributed by atoms with Crippen LogP contribution in [0.25, 0.3) is 22.2 Å². The number of carbonyl (C=O) groups is 1. The molecule has 0 radical (unpaired) electrons. The largest absolute Gasteiger partial charge is 0.497 e. The van der Waals surface area contributed by atoms with Crippen molar-refractivity contribution in [3.8, 4) is 33.7 Å². The van der Waals surface area contributed by atoms with Crippen LogP contribution >= 0.6 is 11.3 Å². The summed E-state index contributed by atoms with van der Waals surface area (Å²) in [6.07, 6.45) is 0.132. The number of amides is 1. The molecule has 2 heterocycles. The Hall–Kier alpha value is -3.72. The van der Waals surface area contributed by atoms with E-state index in [1.807, 2.05) is 5.38 Å². The molecule has 7 nitrogen and oxygen atoms in total. The Morgan fingerprint density at radius 1 is 1.10 bits per heavy atom. The first-order chi connectivity index (χ1) is 15.1. The fourth-order valence-electron chi connectivity index (χ4n) is 2.95. The molecule has 1 amide bonds. The molecule has 4 aromatic rings. The molecule has 158 valence electrons. The highest BCUT2D eigenvalue weighted by Gasteiger charge is 2.18. The van der Waals surface area contributed by atoms with Crippen LogP contribution in [-0.4, -0.2) is 30.3 Å². The third-order valence-electron chi connectivity index (χ3n) is 4.44. The third-order valence-corrected chi connectivity index (χ3v) is 5.34. The van der Waals surface area contributed by atoms with Crippen LogP contribution in [0.1, 0.15) is 5.56 Å². The van der Waals surface area contributed by atoms with Gasteiger partial charge in [0.25, 0.3) is 5.89 Å². The van der Waals surface area contributed by atoms with Gasteiger partial charge in [0, 0.05) is 11.6 Å². The molecule has 2 aromatic heterocycles. The molecule has 0 saturated heterocycles. The van der Waals surface area contributed by atoms with Crippen LogP contribution in [0.4, 0.5) is 10.1 Å². The number of rotatable bonds is 7. The van der Waals surface area contributed by atoms with Gasteiger partial charge in [-0.05, 0) is 53.4 Å². The number of hydrogen-bond donors (Lipinski definition) is 1. The minimum Gasteiger partial charge on any atom is -0.497 e. The number of halogens is 1. The van der Waals surface area contributed by atoms with E-state index >= 15 is 0 Å². The van der Waals surface area contributed by atoms with E-state index in [-0.39, 0.29) is 24.0 Å². The second-order valence-corrected chi connectivity index (χ2v) is 7.46. The summed E-state index contributed by atoms with van der Waals surface area (Å²) in [4.78, 5) is 17.6. The molecule has 0 bridgehead atoms. The fourth-order valence-corrected chi connectivity index (χ4v) is 3.72. The lowest BCUT2D eigenvalue weighted by molar-refractivity contribution is -0.115. The first-order valence-corrected chi connectivity index (χ1v) is 10.1. The van der Waals surface area contributed by atoms with E-state index in [2.05, 4.69) is 15.5 Å². The Kier molecular flexibility index (Phi) is 5.94. The Balaban J connectivity index is 1.50. The number of ether oxygens (including phenoxy) is 2. The lowest BCUT2D eigenvalue weighted by atomic mass is 10.1. The quantitative estimate of drug-likeness (QED) is 0.445. The lowest BCUT2D eigenvalue weighted by Crippen LogP contribution is -2.14. The van der Waals surface area contributed by atoms with Gasteiger partial charge < -0.3 is 19.3 Å². The molecule has 0 aliphatic carbocycles. The number of nitrogens with zero attached hydrogens (tertiary/aromatic N) is 2. The van der Waals surface area contributed by atoms with Crippen molar-refractivity contribution in [1.29, 1.82) is 0 Å². The zero-order valence-corrected chi connectivity index (χ0v) is 17.5. The van der Waals surface area contributed by atoms with E-state index < -0.39 is 0 Å². The van der Waals surface area contributed by atoms with Gasteiger partial charge >= 0.3 is 0 Å². The van der Waals surface area contributed by atoms with Gasteiger partial charge in [0.15, 0.2) is 0 Å². The van der Waals surface area contributed by atoms with Crippen molar-refractivity contribution in [2.75, 3.05) is 19.5 Å². The Bertz CT molecular complexity index is 1180. The SMILES string of the molecule is COc1cc(CC(=O)Nc2ccsc2-c2nc(-c3ccc(F)cc3)no2)cc(OC)c1. The van der Waals surface area contributed by atoms with Crippen LogP contribution in [0, 0.1) is 5.82 Å². The van der Waals surface area contributed by atoms with Crippen molar-refractivity contribution in [2.24, 2.45) is 0 Å². The molecule has 0 spiro atoms. The number of carbonyl (C=O) groups excluding carboxylic acids is 1. The molecule has 4 rings (SSSR count). The van der Waals surface area contributed by atoms with Gasteiger partial charge in [0.2, 0.25) is 11.7 Å². The number of benzene rings is 2. The monoisotopic (exact) mass is 439 g/mol. The van der Waals surface area contributed by atoms with Gasteiger partial charge in [-0.15, -0.1) is 11.3 Å². The summed E-state index contributed by atoms with van der Waals surface area (Å²) in [5, 5.41) is 8.66. The predicted octanol–water partition coefficient (Wildman–Crippen LogP) is 4.80. The summed E-state index contributed by atoms with van der Waals surface area (Å²) < 4.78 is 29.0.